The molecule has 1 N–H and O–H groups in total. The molecule has 1 saturated heterocycles. The third-order valence-electron chi connectivity index (χ3n) is 5.83. The van der Waals surface area contributed by atoms with Crippen LogP contribution in [0.5, 0.6) is 0 Å². The highest BCUT2D eigenvalue weighted by atomic mass is 35.5. The van der Waals surface area contributed by atoms with Gasteiger partial charge in [0.05, 0.1) is 9.90 Å². The van der Waals surface area contributed by atoms with Gasteiger partial charge in [0.25, 0.3) is 10.0 Å². The lowest BCUT2D eigenvalue weighted by molar-refractivity contribution is -0.120. The predicted molar refractivity (Wildman–Crippen MR) is 120 cm³/mol. The number of nitriles is 1. The molecule has 6 nitrogen and oxygen atoms in total. The zero-order chi connectivity index (χ0) is 21.5. The Kier molecular flexibility index (Phi) is 6.24. The van der Waals surface area contributed by atoms with E-state index in [0.717, 1.165) is 36.2 Å². The Labute approximate surface area is 189 Å². The Bertz CT molecular complexity index is 1110. The van der Waals surface area contributed by atoms with E-state index in [2.05, 4.69) is 18.3 Å². The molecular formula is C20H22ClN3O3S3. The number of carbonyl (C=O) groups excluding carboxylic acids is 1. The number of fused-ring (bicyclic) bond motifs is 1. The van der Waals surface area contributed by atoms with Crippen molar-refractivity contribution in [1.29, 1.82) is 5.26 Å². The predicted octanol–water partition coefficient (Wildman–Crippen LogP) is 4.50. The lowest BCUT2D eigenvalue weighted by atomic mass is 9.88. The van der Waals surface area contributed by atoms with Gasteiger partial charge >= 0.3 is 0 Å². The van der Waals surface area contributed by atoms with Crippen LogP contribution in [0.1, 0.15) is 42.2 Å². The minimum atomic E-state index is -3.57. The first kappa shape index (κ1) is 21.8. The van der Waals surface area contributed by atoms with E-state index in [-0.39, 0.29) is 16.0 Å². The van der Waals surface area contributed by atoms with Crippen LogP contribution in [0.25, 0.3) is 0 Å². The zero-order valence-electron chi connectivity index (χ0n) is 16.5. The summed E-state index contributed by atoms with van der Waals surface area (Å²) < 4.78 is 27.6. The first-order valence-corrected chi connectivity index (χ1v) is 13.4. The third-order valence-corrected chi connectivity index (χ3v) is 10.6. The lowest BCUT2D eigenvalue weighted by Crippen LogP contribution is -2.41. The second kappa shape index (κ2) is 8.60. The van der Waals surface area contributed by atoms with E-state index in [1.807, 2.05) is 0 Å². The molecule has 10 heteroatoms. The summed E-state index contributed by atoms with van der Waals surface area (Å²) in [5, 5.41) is 13.2. The molecule has 2 aromatic heterocycles. The Morgan fingerprint density at radius 3 is 2.63 bits per heavy atom. The summed E-state index contributed by atoms with van der Waals surface area (Å²) in [6.07, 6.45) is 3.80. The number of hydrogen-bond donors (Lipinski definition) is 1. The minimum Gasteiger partial charge on any atom is -0.316 e. The van der Waals surface area contributed by atoms with Crippen LogP contribution in [0.2, 0.25) is 4.34 Å². The van der Waals surface area contributed by atoms with Crippen molar-refractivity contribution in [3.05, 3.63) is 32.5 Å². The van der Waals surface area contributed by atoms with Crippen molar-refractivity contribution in [1.82, 2.24) is 4.31 Å². The summed E-state index contributed by atoms with van der Waals surface area (Å²) in [5.74, 6) is 0.193. The number of halogens is 1. The average Bonchev–Trinajstić information content (AvgIpc) is 3.31. The highest BCUT2D eigenvalue weighted by Crippen LogP contribution is 2.39. The molecule has 2 aliphatic rings. The molecule has 1 aliphatic heterocycles. The van der Waals surface area contributed by atoms with Crippen molar-refractivity contribution in [2.75, 3.05) is 18.4 Å². The Balaban J connectivity index is 1.42. The van der Waals surface area contributed by atoms with Crippen molar-refractivity contribution in [3.8, 4) is 6.07 Å². The minimum absolute atomic E-state index is 0.130. The van der Waals surface area contributed by atoms with Gasteiger partial charge in [-0.25, -0.2) is 8.42 Å². The van der Waals surface area contributed by atoms with E-state index in [4.69, 9.17) is 11.6 Å². The molecule has 0 bridgehead atoms. The molecule has 2 aromatic rings. The van der Waals surface area contributed by atoms with Gasteiger partial charge < -0.3 is 5.32 Å². The summed E-state index contributed by atoms with van der Waals surface area (Å²) in [6.45, 7) is 2.79. The van der Waals surface area contributed by atoms with Crippen LogP contribution in [0, 0.1) is 23.2 Å². The lowest BCUT2D eigenvalue weighted by Gasteiger charge is -2.30. The molecule has 0 aromatic carbocycles. The fraction of sp³-hybridized carbons (Fsp3) is 0.500. The van der Waals surface area contributed by atoms with Crippen molar-refractivity contribution in [2.45, 2.75) is 43.2 Å². The Morgan fingerprint density at radius 1 is 1.27 bits per heavy atom. The average molecular weight is 484 g/mol. The van der Waals surface area contributed by atoms with Crippen molar-refractivity contribution >= 4 is 55.2 Å². The molecule has 3 heterocycles. The smallest absolute Gasteiger partial charge is 0.252 e. The molecule has 0 saturated carbocycles. The fourth-order valence-electron chi connectivity index (χ4n) is 4.09. The summed E-state index contributed by atoms with van der Waals surface area (Å²) >= 11 is 8.43. The highest BCUT2D eigenvalue weighted by molar-refractivity contribution is 7.91. The van der Waals surface area contributed by atoms with E-state index in [1.165, 1.54) is 26.6 Å². The number of rotatable bonds is 4. The number of carbonyl (C=O) groups is 1. The normalized spacial score (nSPS) is 20.5. The van der Waals surface area contributed by atoms with Gasteiger partial charge in [0.1, 0.15) is 15.3 Å². The Hall–Kier alpha value is -1.44. The van der Waals surface area contributed by atoms with E-state index in [1.54, 1.807) is 6.07 Å². The summed E-state index contributed by atoms with van der Waals surface area (Å²) in [5.41, 5.74) is 1.69. The zero-order valence-corrected chi connectivity index (χ0v) is 19.7. The van der Waals surface area contributed by atoms with Crippen LogP contribution in [0.3, 0.4) is 0 Å². The maximum absolute atomic E-state index is 12.8. The molecular weight excluding hydrogens is 462 g/mol. The van der Waals surface area contributed by atoms with Gasteiger partial charge in [-0.05, 0) is 55.7 Å². The molecule has 0 radical (unpaired) electrons. The number of anilines is 1. The summed E-state index contributed by atoms with van der Waals surface area (Å²) in [4.78, 5) is 14.1. The van der Waals surface area contributed by atoms with Crippen LogP contribution in [0.15, 0.2) is 16.3 Å². The standard InChI is InChI=1S/C20H22ClN3O3S3/c1-12-2-3-14-15(11-22)20(28-16(14)10-12)23-19(25)13-6-8-24(9-7-13)30(26,27)18-5-4-17(21)29-18/h4-5,12-13H,2-3,6-10H2,1H3,(H,23,25)/t12-/m1/s1. The Morgan fingerprint density at radius 2 is 2.00 bits per heavy atom. The molecule has 1 fully saturated rings. The van der Waals surface area contributed by atoms with E-state index in [0.29, 0.717) is 46.7 Å². The van der Waals surface area contributed by atoms with Crippen molar-refractivity contribution in [3.63, 3.8) is 0 Å². The molecule has 4 rings (SSSR count). The monoisotopic (exact) mass is 483 g/mol. The van der Waals surface area contributed by atoms with Gasteiger partial charge in [-0.2, -0.15) is 9.57 Å². The topological polar surface area (TPSA) is 90.3 Å². The molecule has 30 heavy (non-hydrogen) atoms. The number of hydrogen-bond acceptors (Lipinski definition) is 6. The van der Waals surface area contributed by atoms with Crippen molar-refractivity contribution < 1.29 is 13.2 Å². The van der Waals surface area contributed by atoms with Gasteiger partial charge in [0, 0.05) is 23.9 Å². The van der Waals surface area contributed by atoms with E-state index in [9.17, 15) is 18.5 Å². The molecule has 1 aliphatic carbocycles. The van der Waals surface area contributed by atoms with Crippen LogP contribution >= 0.6 is 34.3 Å². The SMILES string of the molecule is C[C@@H]1CCc2c(sc(NC(=O)C3CCN(S(=O)(=O)c4ccc(Cl)s4)CC3)c2C#N)C1. The van der Waals surface area contributed by atoms with Gasteiger partial charge in [-0.1, -0.05) is 18.5 Å². The molecule has 0 unspecified atom stereocenters. The van der Waals surface area contributed by atoms with Crippen LogP contribution < -0.4 is 5.32 Å². The third kappa shape index (κ3) is 4.16. The number of nitrogens with zero attached hydrogens (tertiary/aromatic N) is 2. The summed E-state index contributed by atoms with van der Waals surface area (Å²) in [6, 6.07) is 5.37. The van der Waals surface area contributed by atoms with Crippen LogP contribution in [-0.2, 0) is 27.7 Å². The van der Waals surface area contributed by atoms with E-state index < -0.39 is 10.0 Å². The molecule has 1 amide bonds. The second-order valence-electron chi connectivity index (χ2n) is 7.89. The van der Waals surface area contributed by atoms with E-state index >= 15 is 0 Å². The highest BCUT2D eigenvalue weighted by Gasteiger charge is 2.34. The number of sulfonamides is 1. The first-order chi connectivity index (χ1) is 14.3. The van der Waals surface area contributed by atoms with Gasteiger partial charge in [0.2, 0.25) is 5.91 Å². The molecule has 0 spiro atoms. The number of amides is 1. The van der Waals surface area contributed by atoms with Gasteiger partial charge in [-0.15, -0.1) is 22.7 Å². The van der Waals surface area contributed by atoms with Crippen LogP contribution in [-0.4, -0.2) is 31.7 Å². The van der Waals surface area contributed by atoms with Gasteiger partial charge in [0.15, 0.2) is 0 Å². The number of thiophene rings is 2. The summed E-state index contributed by atoms with van der Waals surface area (Å²) in [7, 11) is -3.57. The largest absolute Gasteiger partial charge is 0.316 e. The second-order valence-corrected chi connectivity index (χ2v) is 12.9. The number of nitrogens with one attached hydrogen (secondary N) is 1. The van der Waals surface area contributed by atoms with Crippen LogP contribution in [0.4, 0.5) is 5.00 Å². The molecule has 160 valence electrons. The molecule has 1 atom stereocenters. The maximum Gasteiger partial charge on any atom is 0.252 e. The number of piperidine rings is 1. The fourth-order valence-corrected chi connectivity index (χ4v) is 8.56. The van der Waals surface area contributed by atoms with Gasteiger partial charge in [-0.3, -0.25) is 4.79 Å². The quantitative estimate of drug-likeness (QED) is 0.693. The maximum atomic E-state index is 12.8. The van der Waals surface area contributed by atoms with Crippen molar-refractivity contribution in [2.24, 2.45) is 11.8 Å². The first-order valence-electron chi connectivity index (χ1n) is 9.90.